The maximum atomic E-state index is 12.6. The first-order valence-corrected chi connectivity index (χ1v) is 8.06. The molecule has 3 heterocycles. The lowest BCUT2D eigenvalue weighted by atomic mass is 10.1. The number of fused-ring (bicyclic) bond motifs is 1. The Morgan fingerprint density at radius 3 is 2.65 bits per heavy atom. The highest BCUT2D eigenvalue weighted by Gasteiger charge is 2.24. The van der Waals surface area contributed by atoms with E-state index in [2.05, 4.69) is 20.5 Å². The molecule has 0 fully saturated rings. The van der Waals surface area contributed by atoms with Crippen molar-refractivity contribution in [3.8, 4) is 5.69 Å². The van der Waals surface area contributed by atoms with Crippen molar-refractivity contribution in [3.63, 3.8) is 0 Å². The van der Waals surface area contributed by atoms with Gasteiger partial charge < -0.3 is 15.2 Å². The Hall–Kier alpha value is -3.56. The number of imidazole rings is 1. The number of carbonyl (C=O) groups excluding carboxylic acids is 2. The fourth-order valence-electron chi connectivity index (χ4n) is 3.00. The third-order valence-electron chi connectivity index (χ3n) is 4.37. The number of aromatic nitrogens is 6. The molecule has 0 spiro atoms. The number of tetrazole rings is 1. The van der Waals surface area contributed by atoms with Gasteiger partial charge in [0, 0.05) is 13.1 Å². The van der Waals surface area contributed by atoms with Crippen LogP contribution in [0.3, 0.4) is 0 Å². The van der Waals surface area contributed by atoms with Crippen LogP contribution in [0, 0.1) is 0 Å². The Bertz CT molecular complexity index is 945. The number of hydrogen-bond donors (Lipinski definition) is 1. The SMILES string of the molecule is NC(=O)c1cnc2n1CCN(C(=O)Cc1ccc(-n3cnnn3)cc1)C2. The second-order valence-corrected chi connectivity index (χ2v) is 5.99. The first kappa shape index (κ1) is 15.9. The highest BCUT2D eigenvalue weighted by Crippen LogP contribution is 2.16. The van der Waals surface area contributed by atoms with Gasteiger partial charge >= 0.3 is 0 Å². The molecule has 0 unspecified atom stereocenters. The molecular weight excluding hydrogens is 336 g/mol. The van der Waals surface area contributed by atoms with E-state index in [0.717, 1.165) is 11.3 Å². The lowest BCUT2D eigenvalue weighted by molar-refractivity contribution is -0.132. The quantitative estimate of drug-likeness (QED) is 0.677. The highest BCUT2D eigenvalue weighted by atomic mass is 16.2. The molecule has 3 aromatic rings. The lowest BCUT2D eigenvalue weighted by Gasteiger charge is -2.28. The molecule has 10 heteroatoms. The van der Waals surface area contributed by atoms with E-state index in [1.54, 1.807) is 14.1 Å². The number of hydrogen-bond acceptors (Lipinski definition) is 6. The molecule has 0 saturated heterocycles. The van der Waals surface area contributed by atoms with E-state index < -0.39 is 5.91 Å². The van der Waals surface area contributed by atoms with Crippen LogP contribution in [0.25, 0.3) is 5.69 Å². The van der Waals surface area contributed by atoms with Crippen LogP contribution in [-0.4, -0.2) is 53.0 Å². The van der Waals surface area contributed by atoms with Crippen LogP contribution < -0.4 is 5.73 Å². The number of primary amides is 1. The number of amides is 2. The van der Waals surface area contributed by atoms with Crippen LogP contribution in [0.4, 0.5) is 0 Å². The van der Waals surface area contributed by atoms with Crippen molar-refractivity contribution in [2.75, 3.05) is 6.54 Å². The molecule has 0 atom stereocenters. The first-order chi connectivity index (χ1) is 12.6. The average Bonchev–Trinajstić information content (AvgIpc) is 3.31. The summed E-state index contributed by atoms with van der Waals surface area (Å²) < 4.78 is 3.32. The minimum absolute atomic E-state index is 0.00930. The van der Waals surface area contributed by atoms with Crippen molar-refractivity contribution in [2.45, 2.75) is 19.5 Å². The van der Waals surface area contributed by atoms with Gasteiger partial charge in [0.25, 0.3) is 5.91 Å². The summed E-state index contributed by atoms with van der Waals surface area (Å²) >= 11 is 0. The second kappa shape index (κ2) is 6.39. The molecule has 10 nitrogen and oxygen atoms in total. The normalized spacial score (nSPS) is 13.5. The minimum Gasteiger partial charge on any atom is -0.364 e. The van der Waals surface area contributed by atoms with E-state index in [9.17, 15) is 9.59 Å². The van der Waals surface area contributed by atoms with Gasteiger partial charge in [0.15, 0.2) is 0 Å². The number of benzene rings is 1. The molecule has 26 heavy (non-hydrogen) atoms. The van der Waals surface area contributed by atoms with Gasteiger partial charge in [0.2, 0.25) is 5.91 Å². The number of carbonyl (C=O) groups is 2. The summed E-state index contributed by atoms with van der Waals surface area (Å²) in [4.78, 5) is 29.9. The molecule has 1 aliphatic heterocycles. The van der Waals surface area contributed by atoms with Crippen molar-refractivity contribution >= 4 is 11.8 Å². The summed E-state index contributed by atoms with van der Waals surface area (Å²) in [6, 6.07) is 7.48. The van der Waals surface area contributed by atoms with Gasteiger partial charge in [0.1, 0.15) is 17.8 Å². The van der Waals surface area contributed by atoms with Crippen molar-refractivity contribution in [2.24, 2.45) is 5.73 Å². The maximum Gasteiger partial charge on any atom is 0.266 e. The first-order valence-electron chi connectivity index (χ1n) is 8.06. The fourth-order valence-corrected chi connectivity index (χ4v) is 3.00. The predicted molar refractivity (Wildman–Crippen MR) is 89.0 cm³/mol. The standard InChI is InChI=1S/C16H16N8O2/c17-16(26)13-8-18-14-9-22(5-6-23(13)14)15(25)7-11-1-3-12(4-2-11)24-10-19-20-21-24/h1-4,8,10H,5-7,9H2,(H2,17,26). The van der Waals surface area contributed by atoms with E-state index in [0.29, 0.717) is 37.6 Å². The molecule has 0 bridgehead atoms. The Labute approximate surface area is 148 Å². The summed E-state index contributed by atoms with van der Waals surface area (Å²) in [5, 5.41) is 11.0. The predicted octanol–water partition coefficient (Wildman–Crippen LogP) is -0.457. The van der Waals surface area contributed by atoms with E-state index in [-0.39, 0.29) is 5.91 Å². The van der Waals surface area contributed by atoms with Gasteiger partial charge in [-0.05, 0) is 28.1 Å². The van der Waals surface area contributed by atoms with Crippen molar-refractivity contribution in [1.29, 1.82) is 0 Å². The molecule has 1 aliphatic rings. The summed E-state index contributed by atoms with van der Waals surface area (Å²) in [6.45, 7) is 1.40. The molecule has 4 rings (SSSR count). The van der Waals surface area contributed by atoms with Gasteiger partial charge in [0.05, 0.1) is 24.8 Å². The largest absolute Gasteiger partial charge is 0.364 e. The molecule has 0 saturated carbocycles. The van der Waals surface area contributed by atoms with Crippen molar-refractivity contribution in [3.05, 3.63) is 53.9 Å². The summed E-state index contributed by atoms with van der Waals surface area (Å²) in [7, 11) is 0. The molecule has 0 radical (unpaired) electrons. The van der Waals surface area contributed by atoms with Gasteiger partial charge in [-0.15, -0.1) is 5.10 Å². The van der Waals surface area contributed by atoms with Crippen molar-refractivity contribution in [1.82, 2.24) is 34.7 Å². The molecule has 132 valence electrons. The highest BCUT2D eigenvalue weighted by molar-refractivity contribution is 5.91. The van der Waals surface area contributed by atoms with Gasteiger partial charge in [-0.25, -0.2) is 9.67 Å². The van der Waals surface area contributed by atoms with Crippen LogP contribution in [-0.2, 0) is 24.3 Å². The van der Waals surface area contributed by atoms with E-state index in [4.69, 9.17) is 5.73 Å². The average molecular weight is 352 g/mol. The van der Waals surface area contributed by atoms with Gasteiger partial charge in [-0.3, -0.25) is 9.59 Å². The Morgan fingerprint density at radius 1 is 1.15 bits per heavy atom. The van der Waals surface area contributed by atoms with Gasteiger partial charge in [-0.2, -0.15) is 0 Å². The van der Waals surface area contributed by atoms with Crippen LogP contribution in [0.5, 0.6) is 0 Å². The molecule has 2 amide bonds. The fraction of sp³-hybridized carbons (Fsp3) is 0.250. The number of nitrogens with two attached hydrogens (primary N) is 1. The number of nitrogens with zero attached hydrogens (tertiary/aromatic N) is 7. The monoisotopic (exact) mass is 352 g/mol. The lowest BCUT2D eigenvalue weighted by Crippen LogP contribution is -2.40. The molecule has 2 aromatic heterocycles. The summed E-state index contributed by atoms with van der Waals surface area (Å²) in [5.41, 5.74) is 7.44. The van der Waals surface area contributed by atoms with E-state index >= 15 is 0 Å². The molecular formula is C16H16N8O2. The van der Waals surface area contributed by atoms with Crippen LogP contribution in [0.15, 0.2) is 36.8 Å². The van der Waals surface area contributed by atoms with Crippen LogP contribution >= 0.6 is 0 Å². The summed E-state index contributed by atoms with van der Waals surface area (Å²) in [5.74, 6) is 0.175. The van der Waals surface area contributed by atoms with Gasteiger partial charge in [-0.1, -0.05) is 12.1 Å². The van der Waals surface area contributed by atoms with Crippen LogP contribution in [0.1, 0.15) is 21.9 Å². The smallest absolute Gasteiger partial charge is 0.266 e. The number of rotatable bonds is 4. The van der Waals surface area contributed by atoms with E-state index in [1.165, 1.54) is 12.5 Å². The minimum atomic E-state index is -0.508. The zero-order valence-electron chi connectivity index (χ0n) is 13.8. The zero-order chi connectivity index (χ0) is 18.1. The second-order valence-electron chi connectivity index (χ2n) is 5.99. The van der Waals surface area contributed by atoms with Crippen LogP contribution in [0.2, 0.25) is 0 Å². The summed E-state index contributed by atoms with van der Waals surface area (Å²) in [6.07, 6.45) is 3.26. The molecule has 1 aromatic carbocycles. The molecule has 2 N–H and O–H groups in total. The Morgan fingerprint density at radius 2 is 1.96 bits per heavy atom. The Balaban J connectivity index is 1.43. The zero-order valence-corrected chi connectivity index (χ0v) is 13.8. The molecule has 0 aliphatic carbocycles. The van der Waals surface area contributed by atoms with E-state index in [1.807, 2.05) is 24.3 Å². The third-order valence-corrected chi connectivity index (χ3v) is 4.37. The maximum absolute atomic E-state index is 12.6. The topological polar surface area (TPSA) is 125 Å². The Kier molecular flexibility index (Phi) is 3.92. The third kappa shape index (κ3) is 2.92. The van der Waals surface area contributed by atoms with Crippen molar-refractivity contribution < 1.29 is 9.59 Å².